The highest BCUT2D eigenvalue weighted by Crippen LogP contribution is 2.03. The van der Waals surface area contributed by atoms with Crippen molar-refractivity contribution in [2.24, 2.45) is 5.73 Å². The van der Waals surface area contributed by atoms with E-state index in [1.807, 2.05) is 0 Å². The van der Waals surface area contributed by atoms with E-state index in [2.05, 4.69) is 0 Å². The van der Waals surface area contributed by atoms with Gasteiger partial charge in [0.25, 0.3) is 5.91 Å². The predicted octanol–water partition coefficient (Wildman–Crippen LogP) is 0.949. The van der Waals surface area contributed by atoms with Crippen molar-refractivity contribution in [3.8, 4) is 0 Å². The molecule has 0 aliphatic carbocycles. The number of carbonyl (C=O) groups is 1. The van der Waals surface area contributed by atoms with Crippen LogP contribution in [0.1, 0.15) is 10.4 Å². The van der Waals surface area contributed by atoms with Gasteiger partial charge in [-0.3, -0.25) is 10.2 Å². The summed E-state index contributed by atoms with van der Waals surface area (Å²) in [6.07, 6.45) is 0. The number of amides is 1. The van der Waals surface area contributed by atoms with Crippen molar-refractivity contribution in [1.82, 2.24) is 4.90 Å². The normalized spacial score (nSPS) is 9.50. The second-order valence-electron chi connectivity index (χ2n) is 2.60. The molecular weight excluding hydrogens is 185 g/mol. The number of hydrogen-bond donors (Lipinski definition) is 2. The number of rotatable bonds is 2. The maximum atomic E-state index is 12.3. The van der Waals surface area contributed by atoms with E-state index in [1.54, 1.807) is 18.2 Å². The molecule has 0 atom stereocenters. The van der Waals surface area contributed by atoms with Crippen LogP contribution in [0.5, 0.6) is 0 Å². The summed E-state index contributed by atoms with van der Waals surface area (Å²) in [4.78, 5) is 12.0. The number of benzene rings is 1. The van der Waals surface area contributed by atoms with E-state index in [1.165, 1.54) is 12.1 Å². The van der Waals surface area contributed by atoms with Crippen LogP contribution in [0.2, 0.25) is 0 Å². The summed E-state index contributed by atoms with van der Waals surface area (Å²) in [5.74, 6) is -1.21. The molecule has 1 aromatic carbocycles. The molecule has 0 aromatic heterocycles. The molecule has 1 rings (SSSR count). The van der Waals surface area contributed by atoms with E-state index in [-0.39, 0.29) is 0 Å². The summed E-state index contributed by atoms with van der Waals surface area (Å²) in [5, 5.41) is 6.97. The van der Waals surface area contributed by atoms with E-state index in [0.29, 0.717) is 10.5 Å². The first-order chi connectivity index (χ1) is 6.66. The van der Waals surface area contributed by atoms with Crippen LogP contribution in [0, 0.1) is 5.41 Å². The van der Waals surface area contributed by atoms with Gasteiger partial charge < -0.3 is 5.73 Å². The summed E-state index contributed by atoms with van der Waals surface area (Å²) in [6, 6.07) is 8.12. The minimum Gasteiger partial charge on any atom is -0.370 e. The Kier molecular flexibility index (Phi) is 3.17. The Labute approximate surface area is 80.6 Å². The SMILES string of the molecule is N=C(N)N(CF)C(=O)c1ccccc1. The average Bonchev–Trinajstić information content (AvgIpc) is 2.19. The maximum Gasteiger partial charge on any atom is 0.262 e. The smallest absolute Gasteiger partial charge is 0.262 e. The molecule has 0 fully saturated rings. The van der Waals surface area contributed by atoms with Gasteiger partial charge in [0.1, 0.15) is 0 Å². The van der Waals surface area contributed by atoms with Gasteiger partial charge in [-0.05, 0) is 12.1 Å². The van der Waals surface area contributed by atoms with Crippen molar-refractivity contribution in [1.29, 1.82) is 5.41 Å². The average molecular weight is 195 g/mol. The second-order valence-corrected chi connectivity index (χ2v) is 2.60. The van der Waals surface area contributed by atoms with Gasteiger partial charge in [0.05, 0.1) is 0 Å². The van der Waals surface area contributed by atoms with Crippen molar-refractivity contribution in [3.63, 3.8) is 0 Å². The van der Waals surface area contributed by atoms with E-state index in [4.69, 9.17) is 11.1 Å². The Morgan fingerprint density at radius 1 is 1.43 bits per heavy atom. The molecule has 0 unspecified atom stereocenters. The lowest BCUT2D eigenvalue weighted by molar-refractivity contribution is 0.0800. The molecule has 0 radical (unpaired) electrons. The summed E-state index contributed by atoms with van der Waals surface area (Å²) < 4.78 is 12.3. The van der Waals surface area contributed by atoms with Gasteiger partial charge in [-0.15, -0.1) is 0 Å². The van der Waals surface area contributed by atoms with Gasteiger partial charge in [-0.25, -0.2) is 9.29 Å². The molecule has 0 aliphatic rings. The van der Waals surface area contributed by atoms with E-state index < -0.39 is 18.7 Å². The Morgan fingerprint density at radius 3 is 2.43 bits per heavy atom. The third kappa shape index (κ3) is 2.07. The van der Waals surface area contributed by atoms with Gasteiger partial charge >= 0.3 is 0 Å². The quantitative estimate of drug-likeness (QED) is 0.419. The molecule has 0 heterocycles. The minimum atomic E-state index is -1.09. The molecule has 0 aliphatic heterocycles. The third-order valence-corrected chi connectivity index (χ3v) is 1.68. The van der Waals surface area contributed by atoms with Crippen molar-refractivity contribution in [2.45, 2.75) is 0 Å². The lowest BCUT2D eigenvalue weighted by Gasteiger charge is -2.15. The maximum absolute atomic E-state index is 12.3. The fourth-order valence-corrected chi connectivity index (χ4v) is 0.965. The molecule has 4 nitrogen and oxygen atoms in total. The van der Waals surface area contributed by atoms with Crippen LogP contribution in [0.4, 0.5) is 4.39 Å². The molecule has 74 valence electrons. The van der Waals surface area contributed by atoms with Crippen molar-refractivity contribution >= 4 is 11.9 Å². The van der Waals surface area contributed by atoms with Crippen molar-refractivity contribution in [3.05, 3.63) is 35.9 Å². The zero-order chi connectivity index (χ0) is 10.6. The number of nitrogens with zero attached hydrogens (tertiary/aromatic N) is 1. The van der Waals surface area contributed by atoms with Gasteiger partial charge in [0, 0.05) is 5.56 Å². The van der Waals surface area contributed by atoms with Crippen LogP contribution in [0.3, 0.4) is 0 Å². The Hall–Kier alpha value is -1.91. The van der Waals surface area contributed by atoms with Gasteiger partial charge in [0.2, 0.25) is 0 Å². The van der Waals surface area contributed by atoms with Gasteiger partial charge in [-0.2, -0.15) is 0 Å². The van der Waals surface area contributed by atoms with Gasteiger partial charge in [0.15, 0.2) is 12.8 Å². The van der Waals surface area contributed by atoms with Crippen LogP contribution < -0.4 is 5.73 Å². The zero-order valence-corrected chi connectivity index (χ0v) is 7.40. The highest BCUT2D eigenvalue weighted by atomic mass is 19.1. The molecule has 0 saturated heterocycles. The number of nitrogens with one attached hydrogen (secondary N) is 1. The highest BCUT2D eigenvalue weighted by molar-refractivity contribution is 6.04. The first-order valence-corrected chi connectivity index (χ1v) is 3.93. The summed E-state index contributed by atoms with van der Waals surface area (Å²) in [7, 11) is 0. The largest absolute Gasteiger partial charge is 0.370 e. The number of guanidine groups is 1. The van der Waals surface area contributed by atoms with Crippen molar-refractivity contribution < 1.29 is 9.18 Å². The first kappa shape index (κ1) is 10.2. The molecule has 1 amide bonds. The van der Waals surface area contributed by atoms with Crippen LogP contribution in [0.25, 0.3) is 0 Å². The molecule has 0 spiro atoms. The number of carbonyl (C=O) groups excluding carboxylic acids is 1. The van der Waals surface area contributed by atoms with E-state index in [9.17, 15) is 9.18 Å². The van der Waals surface area contributed by atoms with E-state index >= 15 is 0 Å². The van der Waals surface area contributed by atoms with Gasteiger partial charge in [-0.1, -0.05) is 18.2 Å². The van der Waals surface area contributed by atoms with E-state index in [0.717, 1.165) is 0 Å². The standard InChI is InChI=1S/C9H10FN3O/c10-6-13(9(11)12)8(14)7-4-2-1-3-5-7/h1-5H,6H2,(H3,11,12). The molecule has 1 aromatic rings. The fourth-order valence-electron chi connectivity index (χ4n) is 0.965. The Morgan fingerprint density at radius 2 is 2.00 bits per heavy atom. The minimum absolute atomic E-state index is 0.306. The van der Waals surface area contributed by atoms with Crippen LogP contribution in [0.15, 0.2) is 30.3 Å². The highest BCUT2D eigenvalue weighted by Gasteiger charge is 2.17. The van der Waals surface area contributed by atoms with Crippen LogP contribution in [-0.4, -0.2) is 23.6 Å². The number of halogens is 1. The molecule has 0 bridgehead atoms. The Bertz CT molecular complexity index is 339. The Balaban J connectivity index is 2.89. The van der Waals surface area contributed by atoms with Crippen molar-refractivity contribution in [2.75, 3.05) is 6.80 Å². The summed E-state index contributed by atoms with van der Waals surface area (Å²) in [6.45, 7) is -1.09. The number of nitrogens with two attached hydrogens (primary N) is 1. The van der Waals surface area contributed by atoms with Crippen LogP contribution >= 0.6 is 0 Å². The fraction of sp³-hybridized carbons (Fsp3) is 0.111. The number of alkyl halides is 1. The third-order valence-electron chi connectivity index (χ3n) is 1.68. The molecule has 14 heavy (non-hydrogen) atoms. The molecular formula is C9H10FN3O. The molecule has 5 heteroatoms. The number of hydrogen-bond acceptors (Lipinski definition) is 2. The monoisotopic (exact) mass is 195 g/mol. The topological polar surface area (TPSA) is 70.2 Å². The lowest BCUT2D eigenvalue weighted by Crippen LogP contribution is -2.40. The summed E-state index contributed by atoms with van der Waals surface area (Å²) >= 11 is 0. The zero-order valence-electron chi connectivity index (χ0n) is 7.40. The van der Waals surface area contributed by atoms with Crippen LogP contribution in [-0.2, 0) is 0 Å². The first-order valence-electron chi connectivity index (χ1n) is 3.93. The summed E-state index contributed by atoms with van der Waals surface area (Å²) in [5.41, 5.74) is 5.34. The predicted molar refractivity (Wildman–Crippen MR) is 50.5 cm³/mol. The lowest BCUT2D eigenvalue weighted by atomic mass is 10.2. The molecule has 0 saturated carbocycles. The molecule has 3 N–H and O–H groups in total. The second kappa shape index (κ2) is 4.36.